The van der Waals surface area contributed by atoms with Crippen LogP contribution in [-0.4, -0.2) is 38.4 Å². The van der Waals surface area contributed by atoms with E-state index in [0.29, 0.717) is 19.1 Å². The molecule has 0 aliphatic carbocycles. The maximum Gasteiger partial charge on any atom is 0.177 e. The maximum atomic E-state index is 13.0. The molecule has 2 rings (SSSR count). The zero-order valence-electron chi connectivity index (χ0n) is 10.6. The highest BCUT2D eigenvalue weighted by molar-refractivity contribution is 7.92. The van der Waals surface area contributed by atoms with Gasteiger partial charge in [0.2, 0.25) is 0 Å². The smallest absolute Gasteiger partial charge is 0.177 e. The Bertz CT molecular complexity index is 607. The van der Waals surface area contributed by atoms with Crippen molar-refractivity contribution in [2.24, 2.45) is 0 Å². The third-order valence-corrected chi connectivity index (χ3v) is 4.64. The Labute approximate surface area is 115 Å². The average molecular weight is 304 g/mol. The van der Waals surface area contributed by atoms with Gasteiger partial charge in [0, 0.05) is 12.2 Å². The first kappa shape index (κ1) is 15.1. The maximum absolute atomic E-state index is 13.0. The van der Waals surface area contributed by atoms with Gasteiger partial charge < -0.3 is 4.74 Å². The van der Waals surface area contributed by atoms with E-state index in [1.54, 1.807) is 0 Å². The monoisotopic (exact) mass is 304 g/mol. The van der Waals surface area contributed by atoms with E-state index in [0.717, 1.165) is 18.6 Å². The molecule has 1 aromatic carbocycles. The zero-order valence-corrected chi connectivity index (χ0v) is 11.5. The van der Waals surface area contributed by atoms with Crippen molar-refractivity contribution in [3.8, 4) is 0 Å². The molecule has 0 bridgehead atoms. The summed E-state index contributed by atoms with van der Waals surface area (Å²) in [5.41, 5.74) is -0.153. The Morgan fingerprint density at radius 2 is 2.05 bits per heavy atom. The molecule has 0 N–H and O–H groups in total. The SMILES string of the molecule is O=C(CS(=O)(=O)CC1CCCO1)c1ccc(F)c(F)c1. The predicted octanol–water partition coefficient (Wildman–Crippen LogP) is 1.74. The summed E-state index contributed by atoms with van der Waals surface area (Å²) in [6.07, 6.45) is 1.08. The van der Waals surface area contributed by atoms with Crippen LogP contribution in [-0.2, 0) is 14.6 Å². The van der Waals surface area contributed by atoms with Gasteiger partial charge in [-0.15, -0.1) is 0 Å². The molecule has 1 heterocycles. The molecule has 1 fully saturated rings. The van der Waals surface area contributed by atoms with Crippen LogP contribution in [0.5, 0.6) is 0 Å². The van der Waals surface area contributed by atoms with E-state index in [4.69, 9.17) is 4.74 Å². The van der Waals surface area contributed by atoms with E-state index in [-0.39, 0.29) is 17.4 Å². The summed E-state index contributed by atoms with van der Waals surface area (Å²) in [5, 5.41) is 0. The lowest BCUT2D eigenvalue weighted by molar-refractivity contribution is 0.101. The van der Waals surface area contributed by atoms with Crippen LogP contribution < -0.4 is 0 Å². The molecule has 0 saturated carbocycles. The number of rotatable bonds is 5. The lowest BCUT2D eigenvalue weighted by Gasteiger charge is -2.09. The summed E-state index contributed by atoms with van der Waals surface area (Å²) in [6.45, 7) is 0.525. The largest absolute Gasteiger partial charge is 0.377 e. The summed E-state index contributed by atoms with van der Waals surface area (Å²) in [7, 11) is -3.63. The number of carbonyl (C=O) groups is 1. The molecular weight excluding hydrogens is 290 g/mol. The minimum atomic E-state index is -3.63. The fourth-order valence-electron chi connectivity index (χ4n) is 2.07. The van der Waals surface area contributed by atoms with Crippen molar-refractivity contribution in [2.75, 3.05) is 18.1 Å². The number of benzene rings is 1. The van der Waals surface area contributed by atoms with Gasteiger partial charge in [0.15, 0.2) is 27.3 Å². The normalized spacial score (nSPS) is 19.2. The number of halogens is 2. The van der Waals surface area contributed by atoms with Crippen molar-refractivity contribution in [1.82, 2.24) is 0 Å². The number of sulfone groups is 1. The van der Waals surface area contributed by atoms with Crippen LogP contribution in [0.1, 0.15) is 23.2 Å². The van der Waals surface area contributed by atoms with Crippen LogP contribution in [0.3, 0.4) is 0 Å². The molecule has 110 valence electrons. The number of hydrogen-bond donors (Lipinski definition) is 0. The molecule has 7 heteroatoms. The second kappa shape index (κ2) is 5.97. The quantitative estimate of drug-likeness (QED) is 0.778. The van der Waals surface area contributed by atoms with Crippen molar-refractivity contribution >= 4 is 15.6 Å². The topological polar surface area (TPSA) is 60.4 Å². The molecule has 0 spiro atoms. The van der Waals surface area contributed by atoms with Crippen molar-refractivity contribution in [1.29, 1.82) is 0 Å². The predicted molar refractivity (Wildman–Crippen MR) is 68.3 cm³/mol. The Morgan fingerprint density at radius 3 is 2.65 bits per heavy atom. The van der Waals surface area contributed by atoms with Crippen LogP contribution in [0.25, 0.3) is 0 Å². The number of ether oxygens (including phenoxy) is 1. The van der Waals surface area contributed by atoms with E-state index < -0.39 is 33.0 Å². The second-order valence-corrected chi connectivity index (χ2v) is 6.85. The lowest BCUT2D eigenvalue weighted by Crippen LogP contribution is -2.26. The number of carbonyl (C=O) groups excluding carboxylic acids is 1. The zero-order chi connectivity index (χ0) is 14.8. The molecule has 1 unspecified atom stereocenters. The van der Waals surface area contributed by atoms with E-state index in [9.17, 15) is 22.0 Å². The van der Waals surface area contributed by atoms with Gasteiger partial charge in [0.1, 0.15) is 5.75 Å². The van der Waals surface area contributed by atoms with E-state index in [1.165, 1.54) is 0 Å². The van der Waals surface area contributed by atoms with Gasteiger partial charge in [-0.3, -0.25) is 4.79 Å². The third kappa shape index (κ3) is 3.83. The molecule has 1 aromatic rings. The van der Waals surface area contributed by atoms with Crippen molar-refractivity contribution in [2.45, 2.75) is 18.9 Å². The van der Waals surface area contributed by atoms with Crippen LogP contribution in [0.15, 0.2) is 18.2 Å². The van der Waals surface area contributed by atoms with Crippen LogP contribution in [0.2, 0.25) is 0 Å². The number of hydrogen-bond acceptors (Lipinski definition) is 4. The van der Waals surface area contributed by atoms with E-state index in [1.807, 2.05) is 0 Å². The fourth-order valence-corrected chi connectivity index (χ4v) is 3.58. The molecule has 1 saturated heterocycles. The number of ketones is 1. The van der Waals surface area contributed by atoms with E-state index in [2.05, 4.69) is 0 Å². The van der Waals surface area contributed by atoms with Crippen LogP contribution in [0.4, 0.5) is 8.78 Å². The van der Waals surface area contributed by atoms with Gasteiger partial charge in [-0.1, -0.05) is 0 Å². The molecule has 0 radical (unpaired) electrons. The van der Waals surface area contributed by atoms with Gasteiger partial charge in [-0.25, -0.2) is 17.2 Å². The molecule has 1 aliphatic heterocycles. The van der Waals surface area contributed by atoms with Crippen molar-refractivity contribution < 1.29 is 26.7 Å². The molecule has 20 heavy (non-hydrogen) atoms. The standard InChI is InChI=1S/C13H14F2O4S/c14-11-4-3-9(6-12(11)15)13(16)8-20(17,18)7-10-2-1-5-19-10/h3-4,6,10H,1-2,5,7-8H2. The van der Waals surface area contributed by atoms with Gasteiger partial charge in [-0.2, -0.15) is 0 Å². The third-order valence-electron chi connectivity index (χ3n) is 3.06. The molecule has 1 aliphatic rings. The van der Waals surface area contributed by atoms with E-state index >= 15 is 0 Å². The molecule has 0 aromatic heterocycles. The second-order valence-electron chi connectivity index (χ2n) is 4.74. The first-order valence-electron chi connectivity index (χ1n) is 6.18. The summed E-state index contributed by atoms with van der Waals surface area (Å²) in [6, 6.07) is 2.58. The van der Waals surface area contributed by atoms with Crippen molar-refractivity contribution in [3.05, 3.63) is 35.4 Å². The minimum absolute atomic E-state index is 0.153. The number of Topliss-reactive ketones (excluding diaryl/α,β-unsaturated/α-hetero) is 1. The first-order valence-corrected chi connectivity index (χ1v) is 8.00. The van der Waals surface area contributed by atoms with Crippen LogP contribution in [0, 0.1) is 11.6 Å². The average Bonchev–Trinajstić information content (AvgIpc) is 2.83. The highest BCUT2D eigenvalue weighted by Crippen LogP contribution is 2.15. The first-order chi connectivity index (χ1) is 9.37. The minimum Gasteiger partial charge on any atom is -0.377 e. The van der Waals surface area contributed by atoms with Gasteiger partial charge in [0.25, 0.3) is 0 Å². The molecule has 0 amide bonds. The lowest BCUT2D eigenvalue weighted by atomic mass is 10.1. The van der Waals surface area contributed by atoms with Gasteiger partial charge in [-0.05, 0) is 31.0 Å². The summed E-state index contributed by atoms with van der Waals surface area (Å²) in [5.74, 6) is -3.95. The van der Waals surface area contributed by atoms with Crippen molar-refractivity contribution in [3.63, 3.8) is 0 Å². The summed E-state index contributed by atoms with van der Waals surface area (Å²) >= 11 is 0. The summed E-state index contributed by atoms with van der Waals surface area (Å²) in [4.78, 5) is 11.8. The van der Waals surface area contributed by atoms with Crippen LogP contribution >= 0.6 is 0 Å². The molecule has 4 nitrogen and oxygen atoms in total. The Kier molecular flexibility index (Phi) is 4.49. The highest BCUT2D eigenvalue weighted by atomic mass is 32.2. The van der Waals surface area contributed by atoms with Gasteiger partial charge >= 0.3 is 0 Å². The Balaban J connectivity index is 2.04. The van der Waals surface area contributed by atoms with Gasteiger partial charge in [0.05, 0.1) is 11.9 Å². The fraction of sp³-hybridized carbons (Fsp3) is 0.462. The summed E-state index contributed by atoms with van der Waals surface area (Å²) < 4.78 is 54.7. The Morgan fingerprint density at radius 1 is 1.30 bits per heavy atom. The molecule has 1 atom stereocenters. The Hall–Kier alpha value is -1.34. The molecular formula is C13H14F2O4S. The highest BCUT2D eigenvalue weighted by Gasteiger charge is 2.26.